The van der Waals surface area contributed by atoms with Gasteiger partial charge in [-0.25, -0.2) is 9.19 Å². The standard InChI is InChI=1S/C26H24ClN3O4S2/c1-15(17-4-7-19(27)8-5-17)25(32)29-26-28-16(2)24(35-26)18-6-13-22(34-3)23(14-18)36(33)30-20-9-11-21(31)12-10-20/h4-15,30-31H,1-3H3,(H,28,29,32). The summed E-state index contributed by atoms with van der Waals surface area (Å²) in [6, 6.07) is 18.9. The first kappa shape index (κ1) is 25.7. The van der Waals surface area contributed by atoms with Crippen molar-refractivity contribution in [3.63, 3.8) is 0 Å². The number of aryl methyl sites for hydroxylation is 1. The van der Waals surface area contributed by atoms with Crippen LogP contribution in [0, 0.1) is 6.92 Å². The van der Waals surface area contributed by atoms with Gasteiger partial charge in [-0.15, -0.1) is 0 Å². The molecule has 0 radical (unpaired) electrons. The molecule has 1 aromatic heterocycles. The lowest BCUT2D eigenvalue weighted by molar-refractivity contribution is -0.117. The van der Waals surface area contributed by atoms with Crippen molar-refractivity contribution >= 4 is 50.6 Å². The number of hydrogen-bond acceptors (Lipinski definition) is 6. The number of benzene rings is 3. The molecule has 3 aromatic carbocycles. The van der Waals surface area contributed by atoms with Crippen LogP contribution >= 0.6 is 22.9 Å². The number of phenols is 1. The molecule has 36 heavy (non-hydrogen) atoms. The second-order valence-corrected chi connectivity index (χ2v) is 10.6. The lowest BCUT2D eigenvalue weighted by Crippen LogP contribution is -2.18. The van der Waals surface area contributed by atoms with Crippen LogP contribution in [-0.4, -0.2) is 27.3 Å². The molecule has 0 saturated carbocycles. The fourth-order valence-corrected chi connectivity index (χ4v) is 5.61. The second kappa shape index (κ2) is 11.1. The molecule has 0 bridgehead atoms. The minimum atomic E-state index is -1.63. The molecule has 0 saturated heterocycles. The maximum absolute atomic E-state index is 13.1. The minimum Gasteiger partial charge on any atom is -0.508 e. The molecule has 4 aromatic rings. The Morgan fingerprint density at radius 1 is 1.11 bits per heavy atom. The van der Waals surface area contributed by atoms with Gasteiger partial charge < -0.3 is 19.9 Å². The van der Waals surface area contributed by atoms with Gasteiger partial charge >= 0.3 is 0 Å². The maximum atomic E-state index is 13.1. The van der Waals surface area contributed by atoms with E-state index in [9.17, 15) is 14.1 Å². The molecule has 10 heteroatoms. The quantitative estimate of drug-likeness (QED) is 0.225. The van der Waals surface area contributed by atoms with Crippen molar-refractivity contribution < 1.29 is 18.8 Å². The number of nitrogens with zero attached hydrogens (tertiary/aromatic N) is 1. The van der Waals surface area contributed by atoms with E-state index < -0.39 is 11.0 Å². The van der Waals surface area contributed by atoms with E-state index >= 15 is 0 Å². The van der Waals surface area contributed by atoms with Crippen molar-refractivity contribution in [2.24, 2.45) is 0 Å². The number of carbonyl (C=O) groups excluding carboxylic acids is 1. The van der Waals surface area contributed by atoms with Crippen molar-refractivity contribution in [1.82, 2.24) is 4.98 Å². The molecule has 7 nitrogen and oxygen atoms in total. The first-order valence-corrected chi connectivity index (χ1v) is 13.3. The van der Waals surface area contributed by atoms with Gasteiger partial charge in [-0.05, 0) is 79.6 Å². The minimum absolute atomic E-state index is 0.122. The Morgan fingerprint density at radius 2 is 1.81 bits per heavy atom. The first-order chi connectivity index (χ1) is 17.2. The molecule has 2 atom stereocenters. The Kier molecular flexibility index (Phi) is 7.93. The number of thiazole rings is 1. The number of methoxy groups -OCH3 is 1. The summed E-state index contributed by atoms with van der Waals surface area (Å²) in [7, 11) is -0.109. The normalized spacial score (nSPS) is 12.6. The topological polar surface area (TPSA) is 101 Å². The largest absolute Gasteiger partial charge is 0.508 e. The van der Waals surface area contributed by atoms with E-state index in [0.717, 1.165) is 21.7 Å². The second-order valence-electron chi connectivity index (χ2n) is 7.98. The summed E-state index contributed by atoms with van der Waals surface area (Å²) in [5, 5.41) is 13.5. The zero-order chi connectivity index (χ0) is 25.8. The highest BCUT2D eigenvalue weighted by atomic mass is 35.5. The van der Waals surface area contributed by atoms with E-state index in [1.54, 1.807) is 36.4 Å². The molecule has 1 amide bonds. The molecule has 0 spiro atoms. The highest BCUT2D eigenvalue weighted by Crippen LogP contribution is 2.36. The zero-order valence-electron chi connectivity index (χ0n) is 19.7. The monoisotopic (exact) mass is 541 g/mol. The van der Waals surface area contributed by atoms with Gasteiger partial charge in [0.05, 0.1) is 23.6 Å². The van der Waals surface area contributed by atoms with Crippen LogP contribution in [-0.2, 0) is 15.8 Å². The number of amides is 1. The summed E-state index contributed by atoms with van der Waals surface area (Å²) in [6.45, 7) is 3.69. The Labute approximate surface area is 220 Å². The van der Waals surface area contributed by atoms with E-state index in [1.165, 1.54) is 30.6 Å². The molecular weight excluding hydrogens is 518 g/mol. The molecule has 0 aliphatic carbocycles. The molecule has 3 N–H and O–H groups in total. The highest BCUT2D eigenvalue weighted by molar-refractivity contribution is 7.86. The molecule has 0 aliphatic rings. The third-order valence-corrected chi connectivity index (χ3v) is 8.01. The van der Waals surface area contributed by atoms with E-state index in [1.807, 2.05) is 32.0 Å². The lowest BCUT2D eigenvalue weighted by Gasteiger charge is -2.12. The van der Waals surface area contributed by atoms with Crippen LogP contribution in [0.15, 0.2) is 71.6 Å². The summed E-state index contributed by atoms with van der Waals surface area (Å²) < 4.78 is 21.5. The predicted molar refractivity (Wildman–Crippen MR) is 145 cm³/mol. The van der Waals surface area contributed by atoms with Crippen LogP contribution < -0.4 is 14.8 Å². The molecule has 4 rings (SSSR count). The van der Waals surface area contributed by atoms with Gasteiger partial charge in [0, 0.05) is 10.7 Å². The number of hydrogen-bond donors (Lipinski definition) is 3. The smallest absolute Gasteiger partial charge is 0.233 e. The Morgan fingerprint density at radius 3 is 2.47 bits per heavy atom. The Hall–Kier alpha value is -3.40. The SMILES string of the molecule is COc1ccc(-c2sc(NC(=O)C(C)c3ccc(Cl)cc3)nc2C)cc1S(=O)Nc1ccc(O)cc1. The molecule has 186 valence electrons. The summed E-state index contributed by atoms with van der Waals surface area (Å²) in [6.07, 6.45) is 0. The van der Waals surface area contributed by atoms with Gasteiger partial charge in [-0.3, -0.25) is 4.79 Å². The summed E-state index contributed by atoms with van der Waals surface area (Å²) >= 11 is 7.29. The number of aromatic nitrogens is 1. The average Bonchev–Trinajstić information content (AvgIpc) is 3.24. The van der Waals surface area contributed by atoms with Gasteiger partial charge in [0.15, 0.2) is 16.1 Å². The predicted octanol–water partition coefficient (Wildman–Crippen LogP) is 6.36. The number of anilines is 2. The lowest BCUT2D eigenvalue weighted by atomic mass is 10.0. The van der Waals surface area contributed by atoms with E-state index in [4.69, 9.17) is 16.3 Å². The van der Waals surface area contributed by atoms with E-state index in [0.29, 0.717) is 26.5 Å². The maximum Gasteiger partial charge on any atom is 0.233 e. The van der Waals surface area contributed by atoms with Crippen LogP contribution in [0.4, 0.5) is 10.8 Å². The first-order valence-electron chi connectivity index (χ1n) is 10.9. The number of aromatic hydroxyl groups is 1. The van der Waals surface area contributed by atoms with E-state index in [-0.39, 0.29) is 17.6 Å². The third kappa shape index (κ3) is 5.87. The average molecular weight is 542 g/mol. The number of carbonyl (C=O) groups is 1. The molecule has 0 aliphatic heterocycles. The van der Waals surface area contributed by atoms with Gasteiger partial charge in [-0.1, -0.05) is 35.1 Å². The third-order valence-electron chi connectivity index (χ3n) is 5.49. The number of rotatable bonds is 8. The zero-order valence-corrected chi connectivity index (χ0v) is 22.1. The van der Waals surface area contributed by atoms with E-state index in [2.05, 4.69) is 15.0 Å². The van der Waals surface area contributed by atoms with Crippen LogP contribution in [0.5, 0.6) is 11.5 Å². The highest BCUT2D eigenvalue weighted by Gasteiger charge is 2.20. The van der Waals surface area contributed by atoms with Gasteiger partial charge in [0.25, 0.3) is 0 Å². The van der Waals surface area contributed by atoms with Crippen molar-refractivity contribution in [3.8, 4) is 21.9 Å². The number of phenolic OH excluding ortho intramolecular Hbond substituents is 1. The molecule has 2 unspecified atom stereocenters. The molecule has 0 fully saturated rings. The fourth-order valence-electron chi connectivity index (χ4n) is 3.49. The van der Waals surface area contributed by atoms with Crippen LogP contribution in [0.2, 0.25) is 5.02 Å². The van der Waals surface area contributed by atoms with Gasteiger partial charge in [0.1, 0.15) is 16.4 Å². The van der Waals surface area contributed by atoms with Crippen molar-refractivity contribution in [2.45, 2.75) is 24.7 Å². The molecule has 1 heterocycles. The number of nitrogens with one attached hydrogen (secondary N) is 2. The van der Waals surface area contributed by atoms with Gasteiger partial charge in [-0.2, -0.15) is 0 Å². The summed E-state index contributed by atoms with van der Waals surface area (Å²) in [4.78, 5) is 18.6. The van der Waals surface area contributed by atoms with Crippen molar-refractivity contribution in [1.29, 1.82) is 0 Å². The molecular formula is C26H24ClN3O4S2. The van der Waals surface area contributed by atoms with Crippen LogP contribution in [0.1, 0.15) is 24.1 Å². The van der Waals surface area contributed by atoms with Crippen LogP contribution in [0.3, 0.4) is 0 Å². The Balaban J connectivity index is 1.55. The number of halogens is 1. The van der Waals surface area contributed by atoms with Crippen LogP contribution in [0.25, 0.3) is 10.4 Å². The van der Waals surface area contributed by atoms with Crippen molar-refractivity contribution in [3.05, 3.63) is 83.0 Å². The van der Waals surface area contributed by atoms with Gasteiger partial charge in [0.2, 0.25) is 5.91 Å². The number of ether oxygens (including phenoxy) is 1. The Bertz CT molecular complexity index is 1410. The van der Waals surface area contributed by atoms with Crippen molar-refractivity contribution in [2.75, 3.05) is 17.1 Å². The fraction of sp³-hybridized carbons (Fsp3) is 0.154. The summed E-state index contributed by atoms with van der Waals surface area (Å²) in [5.74, 6) is 0.0380. The summed E-state index contributed by atoms with van der Waals surface area (Å²) in [5.41, 5.74) is 2.98.